The standard InChI is InChI=1S/C25H34Cl2O4S/c1-16-13-14-25(16,22-11-12-23(27)32-22)21(29)9-6-8-18-17(19(26)15-20(18)28)7-4-2-3-5-10-24(30)31/h2,4,6,8,11-12,16-21,28-29H,3,5,7,9-10,13-15H2,1H3,(H,30,31)/t16?,17-,18-,19?,20-,21?,25?/m1/s1. The van der Waals surface area contributed by atoms with Crippen molar-refractivity contribution in [1.29, 1.82) is 0 Å². The van der Waals surface area contributed by atoms with Crippen molar-refractivity contribution in [3.63, 3.8) is 0 Å². The summed E-state index contributed by atoms with van der Waals surface area (Å²) in [5.74, 6) is -0.280. The van der Waals surface area contributed by atoms with Gasteiger partial charge in [-0.1, -0.05) is 42.8 Å². The van der Waals surface area contributed by atoms with Crippen LogP contribution in [0.1, 0.15) is 63.2 Å². The van der Waals surface area contributed by atoms with Crippen LogP contribution in [0.3, 0.4) is 0 Å². The number of carbonyl (C=O) groups is 1. The molecule has 0 spiro atoms. The smallest absolute Gasteiger partial charge is 0.303 e. The predicted octanol–water partition coefficient (Wildman–Crippen LogP) is 6.18. The summed E-state index contributed by atoms with van der Waals surface area (Å²) in [5.41, 5.74) is -0.233. The molecule has 3 N–H and O–H groups in total. The van der Waals surface area contributed by atoms with Gasteiger partial charge in [0.15, 0.2) is 0 Å². The monoisotopic (exact) mass is 500 g/mol. The van der Waals surface area contributed by atoms with Crippen molar-refractivity contribution < 1.29 is 20.1 Å². The molecule has 0 aliphatic heterocycles. The van der Waals surface area contributed by atoms with Gasteiger partial charge in [-0.2, -0.15) is 0 Å². The molecule has 4 unspecified atom stereocenters. The van der Waals surface area contributed by atoms with E-state index in [1.54, 1.807) is 11.3 Å². The van der Waals surface area contributed by atoms with Gasteiger partial charge in [0.05, 0.1) is 16.5 Å². The summed E-state index contributed by atoms with van der Waals surface area (Å²) in [5, 5.41) is 30.3. The summed E-state index contributed by atoms with van der Waals surface area (Å²) in [6.07, 6.45) is 12.6. The number of allylic oxidation sites excluding steroid dienone is 2. The molecule has 32 heavy (non-hydrogen) atoms. The van der Waals surface area contributed by atoms with Gasteiger partial charge in [-0.3, -0.25) is 4.79 Å². The maximum Gasteiger partial charge on any atom is 0.303 e. The van der Waals surface area contributed by atoms with Crippen LogP contribution in [-0.4, -0.2) is 38.9 Å². The van der Waals surface area contributed by atoms with Crippen molar-refractivity contribution in [2.24, 2.45) is 17.8 Å². The van der Waals surface area contributed by atoms with Crippen LogP contribution >= 0.6 is 34.5 Å². The second kappa shape index (κ2) is 11.5. The second-order valence-corrected chi connectivity index (χ2v) is 11.6. The van der Waals surface area contributed by atoms with Crippen molar-refractivity contribution in [3.8, 4) is 0 Å². The number of hydrogen-bond donors (Lipinski definition) is 3. The van der Waals surface area contributed by atoms with Gasteiger partial charge in [0.2, 0.25) is 0 Å². The highest BCUT2D eigenvalue weighted by atomic mass is 35.5. The van der Waals surface area contributed by atoms with Crippen molar-refractivity contribution in [1.82, 2.24) is 0 Å². The minimum Gasteiger partial charge on any atom is -0.481 e. The first-order valence-corrected chi connectivity index (χ1v) is 13.2. The zero-order chi connectivity index (χ0) is 23.3. The van der Waals surface area contributed by atoms with Crippen LogP contribution in [-0.2, 0) is 10.2 Å². The van der Waals surface area contributed by atoms with E-state index in [2.05, 4.69) is 13.0 Å². The number of aliphatic hydroxyl groups is 2. The van der Waals surface area contributed by atoms with Gasteiger partial charge in [0, 0.05) is 28.0 Å². The molecule has 1 heterocycles. The Kier molecular flexibility index (Phi) is 9.28. The Hall–Kier alpha value is -0.850. The molecular weight excluding hydrogens is 467 g/mol. The molecule has 0 saturated heterocycles. The van der Waals surface area contributed by atoms with E-state index in [4.69, 9.17) is 28.3 Å². The Bertz CT molecular complexity index is 823. The highest BCUT2D eigenvalue weighted by Gasteiger charge is 2.51. The fourth-order valence-electron chi connectivity index (χ4n) is 5.32. The van der Waals surface area contributed by atoms with Gasteiger partial charge in [0.25, 0.3) is 0 Å². The van der Waals surface area contributed by atoms with E-state index in [9.17, 15) is 15.0 Å². The Labute approximate surface area is 204 Å². The molecule has 2 fully saturated rings. The normalized spacial score (nSPS) is 33.7. The van der Waals surface area contributed by atoms with Crippen LogP contribution in [0.4, 0.5) is 0 Å². The van der Waals surface area contributed by atoms with E-state index < -0.39 is 18.2 Å². The third-order valence-corrected chi connectivity index (χ3v) is 9.35. The Morgan fingerprint density at radius 2 is 2.12 bits per heavy atom. The van der Waals surface area contributed by atoms with Gasteiger partial charge in [-0.25, -0.2) is 0 Å². The Balaban J connectivity index is 1.58. The van der Waals surface area contributed by atoms with E-state index in [1.807, 2.05) is 30.4 Å². The number of aliphatic hydroxyl groups excluding tert-OH is 2. The first kappa shape index (κ1) is 25.8. The number of aliphatic carboxylic acids is 1. The molecule has 3 rings (SSSR count). The van der Waals surface area contributed by atoms with Crippen LogP contribution in [0.5, 0.6) is 0 Å². The quantitative estimate of drug-likeness (QED) is 0.192. The van der Waals surface area contributed by atoms with Crippen LogP contribution < -0.4 is 0 Å². The summed E-state index contributed by atoms with van der Waals surface area (Å²) in [6.45, 7) is 2.20. The first-order chi connectivity index (χ1) is 15.3. The predicted molar refractivity (Wildman–Crippen MR) is 132 cm³/mol. The summed E-state index contributed by atoms with van der Waals surface area (Å²) in [6, 6.07) is 3.96. The van der Waals surface area contributed by atoms with Gasteiger partial charge >= 0.3 is 5.97 Å². The topological polar surface area (TPSA) is 77.8 Å². The lowest BCUT2D eigenvalue weighted by Crippen LogP contribution is -2.51. The number of unbranched alkanes of at least 4 members (excludes halogenated alkanes) is 1. The van der Waals surface area contributed by atoms with Crippen molar-refractivity contribution in [3.05, 3.63) is 45.7 Å². The lowest BCUT2D eigenvalue weighted by Gasteiger charge is -2.50. The van der Waals surface area contributed by atoms with Crippen molar-refractivity contribution >= 4 is 40.5 Å². The average molecular weight is 502 g/mol. The fourth-order valence-corrected chi connectivity index (χ4v) is 7.19. The van der Waals surface area contributed by atoms with E-state index in [0.29, 0.717) is 25.2 Å². The third-order valence-electron chi connectivity index (χ3n) is 7.42. The van der Waals surface area contributed by atoms with Crippen LogP contribution in [0, 0.1) is 17.8 Å². The van der Waals surface area contributed by atoms with Gasteiger partial charge in [-0.05, 0) is 68.9 Å². The van der Waals surface area contributed by atoms with E-state index in [0.717, 1.165) is 34.9 Å². The van der Waals surface area contributed by atoms with Crippen molar-refractivity contribution in [2.75, 3.05) is 0 Å². The minimum absolute atomic E-state index is 0.0423. The Morgan fingerprint density at radius 1 is 1.34 bits per heavy atom. The van der Waals surface area contributed by atoms with Crippen molar-refractivity contribution in [2.45, 2.75) is 81.3 Å². The number of rotatable bonds is 11. The number of carboxylic acid groups (broad SMARTS) is 1. The zero-order valence-electron chi connectivity index (χ0n) is 18.5. The minimum atomic E-state index is -0.772. The van der Waals surface area contributed by atoms with Crippen LogP contribution in [0.2, 0.25) is 4.34 Å². The van der Waals surface area contributed by atoms with E-state index >= 15 is 0 Å². The lowest BCUT2D eigenvalue weighted by molar-refractivity contribution is -0.137. The molecule has 2 aliphatic rings. The number of alkyl halides is 1. The molecular formula is C25H34Cl2O4S. The van der Waals surface area contributed by atoms with Gasteiger partial charge in [-0.15, -0.1) is 22.9 Å². The molecule has 1 aromatic rings. The molecule has 0 amide bonds. The molecule has 7 heteroatoms. The maximum absolute atomic E-state index is 11.1. The zero-order valence-corrected chi connectivity index (χ0v) is 20.8. The molecule has 0 aromatic carbocycles. The third kappa shape index (κ3) is 5.79. The second-order valence-electron chi connectivity index (χ2n) is 9.32. The Morgan fingerprint density at radius 3 is 2.72 bits per heavy atom. The average Bonchev–Trinajstić information content (AvgIpc) is 3.26. The molecule has 2 saturated carbocycles. The molecule has 2 aliphatic carbocycles. The summed E-state index contributed by atoms with van der Waals surface area (Å²) >= 11 is 14.3. The maximum atomic E-state index is 11.1. The highest BCUT2D eigenvalue weighted by Crippen LogP contribution is 2.54. The fraction of sp³-hybridized carbons (Fsp3) is 0.640. The van der Waals surface area contributed by atoms with E-state index in [1.165, 1.54) is 0 Å². The number of carboxylic acids is 1. The summed E-state index contributed by atoms with van der Waals surface area (Å²) in [7, 11) is 0. The molecule has 0 radical (unpaired) electrons. The summed E-state index contributed by atoms with van der Waals surface area (Å²) < 4.78 is 0.752. The van der Waals surface area contributed by atoms with Gasteiger partial charge < -0.3 is 15.3 Å². The summed E-state index contributed by atoms with van der Waals surface area (Å²) in [4.78, 5) is 11.8. The molecule has 7 atom stereocenters. The van der Waals surface area contributed by atoms with E-state index in [-0.39, 0.29) is 29.0 Å². The SMILES string of the molecule is CC1CCC1(c1ccc(Cl)s1)C(O)CC=C[C@H]1[C@H](O)CC(Cl)[C@@H]1CC=CCCCC(=O)O. The molecule has 1 aromatic heterocycles. The molecule has 178 valence electrons. The molecule has 4 nitrogen and oxygen atoms in total. The number of thiophene rings is 1. The highest BCUT2D eigenvalue weighted by molar-refractivity contribution is 7.16. The molecule has 0 bridgehead atoms. The lowest BCUT2D eigenvalue weighted by atomic mass is 9.56. The largest absolute Gasteiger partial charge is 0.481 e. The number of halogens is 2. The van der Waals surface area contributed by atoms with Gasteiger partial charge in [0.1, 0.15) is 0 Å². The van der Waals surface area contributed by atoms with Crippen LogP contribution in [0.15, 0.2) is 36.4 Å². The first-order valence-electron chi connectivity index (χ1n) is 11.5. The number of hydrogen-bond acceptors (Lipinski definition) is 4. The van der Waals surface area contributed by atoms with Crippen LogP contribution in [0.25, 0.3) is 0 Å².